The van der Waals surface area contributed by atoms with Crippen molar-refractivity contribution in [2.24, 2.45) is 0 Å². The molecule has 4 nitrogen and oxygen atoms in total. The van der Waals surface area contributed by atoms with Gasteiger partial charge in [0.25, 0.3) is 0 Å². The maximum Gasteiger partial charge on any atom is 0.210 e. The fourth-order valence-electron chi connectivity index (χ4n) is 1.89. The van der Waals surface area contributed by atoms with Crippen molar-refractivity contribution < 1.29 is 15.2 Å². The van der Waals surface area contributed by atoms with E-state index in [1.807, 2.05) is 6.07 Å². The first-order valence-electron chi connectivity index (χ1n) is 6.09. The summed E-state index contributed by atoms with van der Waals surface area (Å²) in [5, 5.41) is 19.8. The van der Waals surface area contributed by atoms with Crippen molar-refractivity contribution in [3.63, 3.8) is 0 Å². The van der Waals surface area contributed by atoms with E-state index < -0.39 is 4.81 Å². The Morgan fingerprint density at radius 1 is 1.00 bits per heavy atom. The lowest BCUT2D eigenvalue weighted by atomic mass is 10.0. The van der Waals surface area contributed by atoms with Crippen LogP contribution in [0.3, 0.4) is 0 Å². The molecule has 0 radical (unpaired) electrons. The molecule has 0 fully saturated rings. The Balaban J connectivity index is 2.49. The van der Waals surface area contributed by atoms with Crippen LogP contribution in [0.5, 0.6) is 0 Å². The van der Waals surface area contributed by atoms with Gasteiger partial charge in [0, 0.05) is 11.6 Å². The second-order valence-electron chi connectivity index (χ2n) is 4.26. The molecule has 0 aliphatic heterocycles. The summed E-state index contributed by atoms with van der Waals surface area (Å²) in [6.07, 6.45) is 0. The highest BCUT2D eigenvalue weighted by Gasteiger charge is 2.30. The smallest absolute Gasteiger partial charge is 0.210 e. The van der Waals surface area contributed by atoms with Gasteiger partial charge in [-0.2, -0.15) is 10.4 Å². The third-order valence-corrected chi connectivity index (χ3v) is 3.01. The van der Waals surface area contributed by atoms with E-state index in [0.29, 0.717) is 11.1 Å². The molecular formula is C15H16NO3+. The lowest BCUT2D eigenvalue weighted by molar-refractivity contribution is -0.287. The van der Waals surface area contributed by atoms with E-state index in [-0.39, 0.29) is 18.0 Å². The summed E-state index contributed by atoms with van der Waals surface area (Å²) in [6, 6.07) is 15.3. The van der Waals surface area contributed by atoms with Crippen molar-refractivity contribution >= 4 is 11.5 Å². The highest BCUT2D eigenvalue weighted by Crippen LogP contribution is 2.25. The lowest BCUT2D eigenvalue weighted by Gasteiger charge is -2.20. The molecule has 4 heteroatoms. The fourth-order valence-corrected chi connectivity index (χ4v) is 1.89. The first-order valence-corrected chi connectivity index (χ1v) is 6.09. The van der Waals surface area contributed by atoms with Crippen LogP contribution in [-0.2, 0) is 0 Å². The number of carbonyl (C=O) groups excluding carboxylic acids is 1. The van der Waals surface area contributed by atoms with Crippen molar-refractivity contribution in [2.75, 3.05) is 6.54 Å². The predicted octanol–water partition coefficient (Wildman–Crippen LogP) is 3.02. The summed E-state index contributed by atoms with van der Waals surface area (Å²) < 4.78 is 0. The number of quaternary nitrogens is 1. The SMILES string of the molecule is CC[N+](O)(O)c1ccccc1C(=O)c1ccccc1. The molecule has 0 aromatic heterocycles. The van der Waals surface area contributed by atoms with Crippen LogP contribution in [-0.4, -0.2) is 22.7 Å². The van der Waals surface area contributed by atoms with Crippen LogP contribution >= 0.6 is 0 Å². The Morgan fingerprint density at radius 3 is 2.21 bits per heavy atom. The van der Waals surface area contributed by atoms with Gasteiger partial charge in [-0.15, -0.1) is 0 Å². The molecule has 0 atom stereocenters. The number of hydroxylamine groups is 2. The zero-order chi connectivity index (χ0) is 13.9. The molecule has 98 valence electrons. The van der Waals surface area contributed by atoms with E-state index in [4.69, 9.17) is 0 Å². The van der Waals surface area contributed by atoms with Gasteiger partial charge < -0.3 is 0 Å². The van der Waals surface area contributed by atoms with Crippen LogP contribution in [0.25, 0.3) is 0 Å². The number of rotatable bonds is 4. The van der Waals surface area contributed by atoms with Gasteiger partial charge in [0.05, 0.1) is 5.56 Å². The van der Waals surface area contributed by atoms with Gasteiger partial charge in [-0.3, -0.25) is 4.79 Å². The monoisotopic (exact) mass is 258 g/mol. The van der Waals surface area contributed by atoms with E-state index in [1.54, 1.807) is 55.5 Å². The predicted molar refractivity (Wildman–Crippen MR) is 72.2 cm³/mol. The summed E-state index contributed by atoms with van der Waals surface area (Å²) >= 11 is 0. The van der Waals surface area contributed by atoms with Gasteiger partial charge in [-0.05, 0) is 17.8 Å². The van der Waals surface area contributed by atoms with Gasteiger partial charge in [-0.25, -0.2) is 0 Å². The van der Waals surface area contributed by atoms with Gasteiger partial charge in [-0.1, -0.05) is 42.5 Å². The molecule has 2 aromatic rings. The molecule has 0 aliphatic rings. The molecule has 0 saturated heterocycles. The van der Waals surface area contributed by atoms with Crippen LogP contribution in [0.1, 0.15) is 22.8 Å². The minimum absolute atomic E-state index is 0.0546. The standard InChI is InChI=1S/C15H16NO3/c1-2-16(18,19)14-11-7-6-10-13(14)15(17)12-8-4-3-5-9-12/h3-11,18-19H,2H2,1H3/q+1. The molecule has 0 unspecified atom stereocenters. The molecule has 19 heavy (non-hydrogen) atoms. The summed E-state index contributed by atoms with van der Waals surface area (Å²) in [5.74, 6) is -0.227. The maximum atomic E-state index is 12.4. The molecule has 0 saturated carbocycles. The lowest BCUT2D eigenvalue weighted by Crippen LogP contribution is -2.42. The number of hydrogen-bond donors (Lipinski definition) is 2. The third kappa shape index (κ3) is 2.71. The minimum Gasteiger partial charge on any atom is -0.288 e. The maximum absolute atomic E-state index is 12.4. The summed E-state index contributed by atoms with van der Waals surface area (Å²) in [7, 11) is 0. The average molecular weight is 258 g/mol. The van der Waals surface area contributed by atoms with Gasteiger partial charge >= 0.3 is 0 Å². The van der Waals surface area contributed by atoms with E-state index in [1.165, 1.54) is 0 Å². The number of ketones is 1. The molecular weight excluding hydrogens is 242 g/mol. The number of carbonyl (C=O) groups is 1. The Bertz CT molecular complexity index is 579. The van der Waals surface area contributed by atoms with Crippen molar-refractivity contribution in [1.82, 2.24) is 4.81 Å². The van der Waals surface area contributed by atoms with Crippen molar-refractivity contribution in [3.05, 3.63) is 65.7 Å². The number of hydrogen-bond acceptors (Lipinski definition) is 3. The average Bonchev–Trinajstić information content (AvgIpc) is 2.47. The van der Waals surface area contributed by atoms with Crippen molar-refractivity contribution in [3.8, 4) is 0 Å². The number of benzene rings is 2. The Hall–Kier alpha value is -2.01. The number of nitrogens with zero attached hydrogens (tertiary/aromatic N) is 1. The van der Waals surface area contributed by atoms with E-state index >= 15 is 0 Å². The van der Waals surface area contributed by atoms with Crippen LogP contribution in [0, 0.1) is 0 Å². The van der Waals surface area contributed by atoms with E-state index in [0.717, 1.165) is 0 Å². The second kappa shape index (κ2) is 5.32. The van der Waals surface area contributed by atoms with Crippen molar-refractivity contribution in [1.29, 1.82) is 0 Å². The first kappa shape index (κ1) is 13.4. The van der Waals surface area contributed by atoms with E-state index in [9.17, 15) is 15.2 Å². The summed E-state index contributed by atoms with van der Waals surface area (Å²) in [4.78, 5) is 11.1. The Kier molecular flexibility index (Phi) is 3.76. The van der Waals surface area contributed by atoms with E-state index in [2.05, 4.69) is 0 Å². The molecule has 0 spiro atoms. The highest BCUT2D eigenvalue weighted by molar-refractivity contribution is 6.12. The molecule has 0 bridgehead atoms. The fraction of sp³-hybridized carbons (Fsp3) is 0.133. The number of para-hydroxylation sites is 1. The third-order valence-electron chi connectivity index (χ3n) is 3.01. The summed E-state index contributed by atoms with van der Waals surface area (Å²) in [5.41, 5.74) is 0.991. The molecule has 0 amide bonds. The topological polar surface area (TPSA) is 57.5 Å². The zero-order valence-electron chi connectivity index (χ0n) is 10.7. The van der Waals surface area contributed by atoms with Crippen LogP contribution < -0.4 is 4.81 Å². The molecule has 0 aliphatic carbocycles. The van der Waals surface area contributed by atoms with Crippen LogP contribution in [0.15, 0.2) is 54.6 Å². The summed E-state index contributed by atoms with van der Waals surface area (Å²) in [6.45, 7) is 1.68. The molecule has 2 rings (SSSR count). The van der Waals surface area contributed by atoms with Gasteiger partial charge in [0.15, 0.2) is 5.78 Å². The molecule has 2 N–H and O–H groups in total. The van der Waals surface area contributed by atoms with Gasteiger partial charge in [0.2, 0.25) is 5.69 Å². The largest absolute Gasteiger partial charge is 0.288 e. The normalized spacial score (nSPS) is 11.3. The Morgan fingerprint density at radius 2 is 1.58 bits per heavy atom. The van der Waals surface area contributed by atoms with Crippen LogP contribution in [0.4, 0.5) is 5.69 Å². The minimum atomic E-state index is -1.30. The Labute approximate surface area is 111 Å². The molecule has 2 aromatic carbocycles. The van der Waals surface area contributed by atoms with Gasteiger partial charge in [0.1, 0.15) is 6.54 Å². The zero-order valence-corrected chi connectivity index (χ0v) is 10.7. The molecule has 0 heterocycles. The quantitative estimate of drug-likeness (QED) is 0.503. The first-order chi connectivity index (χ1) is 9.06. The second-order valence-corrected chi connectivity index (χ2v) is 4.26. The highest BCUT2D eigenvalue weighted by atomic mass is 16.8. The van der Waals surface area contributed by atoms with Crippen molar-refractivity contribution in [2.45, 2.75) is 6.92 Å². The van der Waals surface area contributed by atoms with Crippen LogP contribution in [0.2, 0.25) is 0 Å².